The molecule has 90 valence electrons. The Morgan fingerprint density at radius 1 is 1.53 bits per heavy atom. The zero-order valence-corrected chi connectivity index (χ0v) is 9.97. The van der Waals surface area contributed by atoms with Crippen LogP contribution < -0.4 is 11.1 Å². The molecule has 0 saturated heterocycles. The summed E-state index contributed by atoms with van der Waals surface area (Å²) in [7, 11) is -3.99. The Balaban J connectivity index is 4.03. The molecular formula is C8H18N2O4S. The van der Waals surface area contributed by atoms with E-state index >= 15 is 0 Å². The summed E-state index contributed by atoms with van der Waals surface area (Å²) in [6.45, 7) is 4.88. The molecule has 0 aromatic heterocycles. The Morgan fingerprint density at radius 3 is 2.33 bits per heavy atom. The minimum atomic E-state index is -3.99. The van der Waals surface area contributed by atoms with Crippen LogP contribution in [-0.4, -0.2) is 36.7 Å². The van der Waals surface area contributed by atoms with E-state index in [0.29, 0.717) is 0 Å². The second kappa shape index (κ2) is 4.91. The Kier molecular flexibility index (Phi) is 4.69. The Bertz CT molecular complexity index is 318. The van der Waals surface area contributed by atoms with Crippen molar-refractivity contribution in [1.29, 1.82) is 0 Å². The lowest BCUT2D eigenvalue weighted by Gasteiger charge is -2.19. The van der Waals surface area contributed by atoms with Crippen molar-refractivity contribution in [2.45, 2.75) is 26.3 Å². The number of amides is 1. The molecule has 0 rings (SSSR count). The molecular weight excluding hydrogens is 220 g/mol. The zero-order chi connectivity index (χ0) is 12.3. The Hall–Kier alpha value is -0.660. The molecule has 6 nitrogen and oxygen atoms in total. The highest BCUT2D eigenvalue weighted by Gasteiger charge is 2.22. The van der Waals surface area contributed by atoms with Gasteiger partial charge in [-0.05, 0) is 19.8 Å². The van der Waals surface area contributed by atoms with Crippen LogP contribution in [0.15, 0.2) is 0 Å². The molecule has 0 aromatic rings. The quantitative estimate of drug-likeness (QED) is 0.552. The third kappa shape index (κ3) is 7.29. The van der Waals surface area contributed by atoms with E-state index in [1.165, 1.54) is 0 Å². The normalized spacial score (nSPS) is 14.7. The summed E-state index contributed by atoms with van der Waals surface area (Å²) in [5.41, 5.74) is 4.52. The Morgan fingerprint density at radius 2 is 2.00 bits per heavy atom. The van der Waals surface area contributed by atoms with Crippen LogP contribution >= 0.6 is 0 Å². The molecule has 15 heavy (non-hydrogen) atoms. The molecule has 0 aliphatic rings. The molecule has 0 heterocycles. The fourth-order valence-electron chi connectivity index (χ4n) is 0.913. The van der Waals surface area contributed by atoms with E-state index < -0.39 is 15.7 Å². The lowest BCUT2D eigenvalue weighted by Crippen LogP contribution is -2.50. The summed E-state index contributed by atoms with van der Waals surface area (Å²) >= 11 is 0. The van der Waals surface area contributed by atoms with Crippen LogP contribution in [0, 0.1) is 5.92 Å². The first-order valence-electron chi connectivity index (χ1n) is 4.54. The fourth-order valence-corrected chi connectivity index (χ4v) is 1.75. The standard InChI is InChI=1S/C8H18N2O4S/c1-6(5-15(12,13)14)4-10-7(11)8(2,3)9/h6H,4-5,9H2,1-3H3,(H,10,11)(H,12,13,14). The molecule has 1 amide bonds. The summed E-state index contributed by atoms with van der Waals surface area (Å²) in [6.07, 6.45) is 0. The van der Waals surface area contributed by atoms with Gasteiger partial charge >= 0.3 is 0 Å². The van der Waals surface area contributed by atoms with Gasteiger partial charge in [-0.3, -0.25) is 9.35 Å². The van der Waals surface area contributed by atoms with E-state index in [2.05, 4.69) is 5.32 Å². The molecule has 7 heteroatoms. The molecule has 0 saturated carbocycles. The highest BCUT2D eigenvalue weighted by molar-refractivity contribution is 7.85. The number of rotatable bonds is 5. The van der Waals surface area contributed by atoms with Crippen LogP contribution in [0.4, 0.5) is 0 Å². The van der Waals surface area contributed by atoms with E-state index in [9.17, 15) is 13.2 Å². The topological polar surface area (TPSA) is 109 Å². The summed E-state index contributed by atoms with van der Waals surface area (Å²) in [5.74, 6) is -1.09. The largest absolute Gasteiger partial charge is 0.354 e. The molecule has 0 spiro atoms. The molecule has 0 bridgehead atoms. The monoisotopic (exact) mass is 238 g/mol. The minimum absolute atomic E-state index is 0.166. The molecule has 0 aliphatic heterocycles. The van der Waals surface area contributed by atoms with E-state index in [4.69, 9.17) is 10.3 Å². The van der Waals surface area contributed by atoms with Crippen molar-refractivity contribution in [3.63, 3.8) is 0 Å². The number of nitrogens with two attached hydrogens (primary N) is 1. The van der Waals surface area contributed by atoms with Gasteiger partial charge in [-0.15, -0.1) is 0 Å². The van der Waals surface area contributed by atoms with E-state index in [0.717, 1.165) is 0 Å². The van der Waals surface area contributed by atoms with Gasteiger partial charge in [-0.1, -0.05) is 6.92 Å². The molecule has 1 atom stereocenters. The molecule has 0 aromatic carbocycles. The first-order valence-corrected chi connectivity index (χ1v) is 6.15. The maximum atomic E-state index is 11.3. The first kappa shape index (κ1) is 14.3. The average molecular weight is 238 g/mol. The number of carbonyl (C=O) groups excluding carboxylic acids is 1. The van der Waals surface area contributed by atoms with Crippen LogP contribution in [0.3, 0.4) is 0 Å². The first-order chi connectivity index (χ1) is 6.52. The van der Waals surface area contributed by atoms with Crippen molar-refractivity contribution in [2.75, 3.05) is 12.3 Å². The van der Waals surface area contributed by atoms with Gasteiger partial charge in [0.2, 0.25) is 5.91 Å². The predicted molar refractivity (Wildman–Crippen MR) is 56.9 cm³/mol. The van der Waals surface area contributed by atoms with Gasteiger partial charge in [0.05, 0.1) is 11.3 Å². The van der Waals surface area contributed by atoms with Crippen molar-refractivity contribution < 1.29 is 17.8 Å². The number of carbonyl (C=O) groups is 1. The van der Waals surface area contributed by atoms with E-state index in [1.54, 1.807) is 20.8 Å². The highest BCUT2D eigenvalue weighted by atomic mass is 32.2. The van der Waals surface area contributed by atoms with Gasteiger partial charge < -0.3 is 11.1 Å². The van der Waals surface area contributed by atoms with E-state index in [1.807, 2.05) is 0 Å². The number of hydrogen-bond acceptors (Lipinski definition) is 4. The van der Waals surface area contributed by atoms with Crippen LogP contribution in [0.5, 0.6) is 0 Å². The van der Waals surface area contributed by atoms with Gasteiger partial charge in [0.15, 0.2) is 0 Å². The number of hydrogen-bond donors (Lipinski definition) is 3. The van der Waals surface area contributed by atoms with Gasteiger partial charge in [-0.25, -0.2) is 0 Å². The highest BCUT2D eigenvalue weighted by Crippen LogP contribution is 2.00. The second-order valence-corrected chi connectivity index (χ2v) is 5.78. The third-order valence-corrected chi connectivity index (χ3v) is 2.68. The molecule has 0 fully saturated rings. The molecule has 0 radical (unpaired) electrons. The van der Waals surface area contributed by atoms with E-state index in [-0.39, 0.29) is 24.1 Å². The Labute approximate surface area is 90.0 Å². The lowest BCUT2D eigenvalue weighted by molar-refractivity contribution is -0.125. The van der Waals surface area contributed by atoms with Crippen LogP contribution in [0.25, 0.3) is 0 Å². The third-order valence-electron chi connectivity index (χ3n) is 1.69. The summed E-state index contributed by atoms with van der Waals surface area (Å²) in [6, 6.07) is 0. The van der Waals surface area contributed by atoms with Crippen molar-refractivity contribution in [3.05, 3.63) is 0 Å². The van der Waals surface area contributed by atoms with Gasteiger partial charge in [0.25, 0.3) is 10.1 Å². The lowest BCUT2D eigenvalue weighted by atomic mass is 10.1. The SMILES string of the molecule is CC(CNC(=O)C(C)(C)N)CS(=O)(=O)O. The smallest absolute Gasteiger partial charge is 0.265 e. The van der Waals surface area contributed by atoms with Crippen molar-refractivity contribution in [3.8, 4) is 0 Å². The summed E-state index contributed by atoms with van der Waals surface area (Å²) in [5, 5.41) is 2.51. The minimum Gasteiger partial charge on any atom is -0.354 e. The molecule has 0 aliphatic carbocycles. The van der Waals surface area contributed by atoms with Crippen LogP contribution in [-0.2, 0) is 14.9 Å². The second-order valence-electron chi connectivity index (χ2n) is 4.29. The number of nitrogens with one attached hydrogen (secondary N) is 1. The van der Waals surface area contributed by atoms with Crippen molar-refractivity contribution >= 4 is 16.0 Å². The van der Waals surface area contributed by atoms with Gasteiger partial charge in [0.1, 0.15) is 0 Å². The summed E-state index contributed by atoms with van der Waals surface area (Å²) in [4.78, 5) is 11.3. The molecule has 4 N–H and O–H groups in total. The van der Waals surface area contributed by atoms with Gasteiger partial charge in [0, 0.05) is 6.54 Å². The average Bonchev–Trinajstić information content (AvgIpc) is 1.94. The van der Waals surface area contributed by atoms with Crippen molar-refractivity contribution in [2.24, 2.45) is 11.7 Å². The van der Waals surface area contributed by atoms with Crippen LogP contribution in [0.1, 0.15) is 20.8 Å². The maximum absolute atomic E-state index is 11.3. The van der Waals surface area contributed by atoms with Crippen LogP contribution in [0.2, 0.25) is 0 Å². The molecule has 1 unspecified atom stereocenters. The predicted octanol–water partition coefficient (Wildman–Crippen LogP) is -0.636. The van der Waals surface area contributed by atoms with Gasteiger partial charge in [-0.2, -0.15) is 8.42 Å². The fraction of sp³-hybridized carbons (Fsp3) is 0.875. The zero-order valence-electron chi connectivity index (χ0n) is 9.15. The van der Waals surface area contributed by atoms with Crippen molar-refractivity contribution in [1.82, 2.24) is 5.32 Å². The maximum Gasteiger partial charge on any atom is 0.265 e. The summed E-state index contributed by atoms with van der Waals surface area (Å²) < 4.78 is 29.6.